The van der Waals surface area contributed by atoms with Crippen molar-refractivity contribution < 1.29 is 58.6 Å². The van der Waals surface area contributed by atoms with Crippen LogP contribution in [-0.2, 0) is 44.5 Å². The van der Waals surface area contributed by atoms with Crippen molar-refractivity contribution in [2.45, 2.75) is 108 Å². The van der Waals surface area contributed by atoms with Gasteiger partial charge in [0.2, 0.25) is 17.0 Å². The van der Waals surface area contributed by atoms with Crippen LogP contribution in [0.5, 0.6) is 0 Å². The molecule has 2 aliphatic rings. The number of rotatable bonds is 17. The van der Waals surface area contributed by atoms with Crippen LogP contribution in [0.25, 0.3) is 0 Å². The smallest absolute Gasteiger partial charge is 0.344 e. The maximum Gasteiger partial charge on any atom is 0.344 e. The Balaban J connectivity index is 1.73. The number of carbonyl (C=O) groups excluding carboxylic acids is 2. The molecule has 3 heterocycles. The zero-order chi connectivity index (χ0) is 37.7. The summed E-state index contributed by atoms with van der Waals surface area (Å²) in [6, 6.07) is 9.50. The van der Waals surface area contributed by atoms with Crippen molar-refractivity contribution in [3.63, 3.8) is 0 Å². The van der Waals surface area contributed by atoms with Crippen molar-refractivity contribution in [1.29, 1.82) is 0 Å². The highest BCUT2D eigenvalue weighted by Gasteiger charge is 2.85. The monoisotopic (exact) mass is 729 g/mol. The predicted molar refractivity (Wildman–Crippen MR) is 184 cm³/mol. The van der Waals surface area contributed by atoms with Gasteiger partial charge in [0.15, 0.2) is 6.10 Å². The fourth-order valence-corrected chi connectivity index (χ4v) is 7.55. The minimum Gasteiger partial charge on any atom is -0.479 e. The number of benzene rings is 1. The molecule has 2 bridgehead atoms. The van der Waals surface area contributed by atoms with E-state index in [-0.39, 0.29) is 30.4 Å². The standard InChI is InChI=1S/C37H47NO12S/c1-7-21(2)17-22(3)13-14-28(40)48-32-30(41)35(16-15-23(4)29(47-25(6)39)24(5)18-26-11-9-8-10-12-26)49-31(27-19-51-20-38-27)36(46,33(42)43)37(32,50-35)34(44)45/h8-14,19-22,24,29-32,41,46H,4,7,15-18H2,1-3,5-6H3,(H,42,43)(H,44,45)/b14-13+/t21-,22+,24+,29+,30+,31+,32+,35+,36+,37+/m0/s1. The van der Waals surface area contributed by atoms with Crippen molar-refractivity contribution >= 4 is 35.2 Å². The van der Waals surface area contributed by atoms with Crippen LogP contribution in [0.2, 0.25) is 0 Å². The fourth-order valence-electron chi connectivity index (χ4n) is 6.98. The second-order valence-corrected chi connectivity index (χ2v) is 14.4. The van der Waals surface area contributed by atoms with Crippen LogP contribution in [-0.4, -0.2) is 84.6 Å². The van der Waals surface area contributed by atoms with Gasteiger partial charge in [0.05, 0.1) is 11.2 Å². The van der Waals surface area contributed by atoms with Crippen molar-refractivity contribution in [3.8, 4) is 0 Å². The molecule has 2 aliphatic heterocycles. The third kappa shape index (κ3) is 7.95. The number of hydrogen-bond acceptors (Lipinski definition) is 12. The molecule has 10 atom stereocenters. The number of nitrogens with zero attached hydrogens (tertiary/aromatic N) is 1. The highest BCUT2D eigenvalue weighted by molar-refractivity contribution is 7.07. The van der Waals surface area contributed by atoms with Crippen molar-refractivity contribution in [3.05, 3.63) is 76.8 Å². The molecule has 13 nitrogen and oxygen atoms in total. The summed E-state index contributed by atoms with van der Waals surface area (Å²) in [6.45, 7) is 13.2. The number of thiazole rings is 1. The lowest BCUT2D eigenvalue weighted by Gasteiger charge is -2.49. The molecule has 0 unspecified atom stereocenters. The predicted octanol–water partition coefficient (Wildman–Crippen LogP) is 4.63. The highest BCUT2D eigenvalue weighted by Crippen LogP contribution is 2.59. The van der Waals surface area contributed by atoms with Gasteiger partial charge in [-0.05, 0) is 42.2 Å². The summed E-state index contributed by atoms with van der Waals surface area (Å²) in [4.78, 5) is 55.7. The lowest BCUT2D eigenvalue weighted by atomic mass is 9.74. The molecule has 51 heavy (non-hydrogen) atoms. The topological polar surface area (TPSA) is 199 Å². The molecular formula is C37H47NO12S. The molecule has 278 valence electrons. The number of hydrogen-bond donors (Lipinski definition) is 4. The van der Waals surface area contributed by atoms with Crippen LogP contribution in [0.15, 0.2) is 65.5 Å². The summed E-state index contributed by atoms with van der Waals surface area (Å²) < 4.78 is 23.3. The van der Waals surface area contributed by atoms with E-state index >= 15 is 0 Å². The molecule has 14 heteroatoms. The molecular weight excluding hydrogens is 682 g/mol. The van der Waals surface area contributed by atoms with Crippen LogP contribution in [0.4, 0.5) is 0 Å². The molecule has 0 aliphatic carbocycles. The van der Waals surface area contributed by atoms with Gasteiger partial charge in [0.25, 0.3) is 0 Å². The number of allylic oxidation sites excluding steroid dienone is 1. The Bertz CT molecular complexity index is 1600. The first kappa shape index (κ1) is 39.8. The van der Waals surface area contributed by atoms with Crippen LogP contribution in [0.1, 0.15) is 77.7 Å². The second-order valence-electron chi connectivity index (χ2n) is 13.7. The third-order valence-corrected chi connectivity index (χ3v) is 10.4. The maximum atomic E-state index is 13.3. The van der Waals surface area contributed by atoms with Gasteiger partial charge in [-0.3, -0.25) is 4.79 Å². The number of fused-ring (bicyclic) bond motifs is 2. The summed E-state index contributed by atoms with van der Waals surface area (Å²) in [5, 5.41) is 46.4. The summed E-state index contributed by atoms with van der Waals surface area (Å²) in [7, 11) is 0. The summed E-state index contributed by atoms with van der Waals surface area (Å²) >= 11 is 1.03. The van der Waals surface area contributed by atoms with Crippen molar-refractivity contribution in [2.75, 3.05) is 0 Å². The van der Waals surface area contributed by atoms with E-state index < -0.39 is 65.3 Å². The molecule has 0 saturated carbocycles. The SMILES string of the molecule is C=C(CC[C@@]12O[C@H](c3cscn3)[C@@](O)(C(=O)O)[C@@](C(=O)O)(O1)[C@H](OC(=O)/C=C/[C@@H](C)C[C@@H](C)CC)[C@H]2O)[C@@H](OC(C)=O)[C@H](C)Cc1ccccc1. The van der Waals surface area contributed by atoms with Gasteiger partial charge in [0, 0.05) is 30.7 Å². The Morgan fingerprint density at radius 2 is 1.80 bits per heavy atom. The zero-order valence-corrected chi connectivity index (χ0v) is 30.2. The lowest BCUT2D eigenvalue weighted by molar-refractivity contribution is -0.383. The molecule has 0 spiro atoms. The quantitative estimate of drug-likeness (QED) is 0.1000. The number of carboxylic acids is 2. The lowest BCUT2D eigenvalue weighted by Crippen LogP contribution is -2.74. The van der Waals surface area contributed by atoms with Crippen molar-refractivity contribution in [1.82, 2.24) is 4.98 Å². The number of carboxylic acid groups (broad SMARTS) is 2. The Morgan fingerprint density at radius 3 is 2.37 bits per heavy atom. The minimum atomic E-state index is -3.45. The minimum absolute atomic E-state index is 0.0648. The zero-order valence-electron chi connectivity index (χ0n) is 29.4. The van der Waals surface area contributed by atoms with Crippen LogP contribution in [0.3, 0.4) is 0 Å². The number of carbonyl (C=O) groups is 4. The van der Waals surface area contributed by atoms with Gasteiger partial charge < -0.3 is 39.4 Å². The van der Waals surface area contributed by atoms with E-state index in [1.165, 1.54) is 17.8 Å². The molecule has 1 aromatic carbocycles. The average molecular weight is 730 g/mol. The van der Waals surface area contributed by atoms with E-state index in [1.54, 1.807) is 6.08 Å². The molecule has 2 saturated heterocycles. The number of aliphatic hydroxyl groups is 2. The third-order valence-electron chi connectivity index (χ3n) is 9.78. The number of aliphatic hydroxyl groups excluding tert-OH is 1. The Kier molecular flexibility index (Phi) is 12.6. The fraction of sp³-hybridized carbons (Fsp3) is 0.541. The normalized spacial score (nSPS) is 29.5. The van der Waals surface area contributed by atoms with Gasteiger partial charge in [0.1, 0.15) is 18.3 Å². The van der Waals surface area contributed by atoms with E-state index in [0.29, 0.717) is 17.9 Å². The van der Waals surface area contributed by atoms with Gasteiger partial charge in [-0.2, -0.15) is 0 Å². The van der Waals surface area contributed by atoms with E-state index in [4.69, 9.17) is 18.9 Å². The van der Waals surface area contributed by atoms with Gasteiger partial charge in [-0.15, -0.1) is 11.3 Å². The molecule has 1 aromatic heterocycles. The largest absolute Gasteiger partial charge is 0.479 e. The van der Waals surface area contributed by atoms with E-state index in [9.17, 15) is 39.6 Å². The molecule has 2 fully saturated rings. The Labute approximate surface area is 300 Å². The number of ether oxygens (including phenoxy) is 4. The Hall–Kier alpha value is -3.95. The van der Waals surface area contributed by atoms with Gasteiger partial charge >= 0.3 is 23.9 Å². The van der Waals surface area contributed by atoms with Gasteiger partial charge in [-0.25, -0.2) is 19.4 Å². The number of aromatic nitrogens is 1. The molecule has 2 aromatic rings. The van der Waals surface area contributed by atoms with Crippen LogP contribution < -0.4 is 0 Å². The molecule has 0 amide bonds. The average Bonchev–Trinajstić information content (AvgIpc) is 3.69. The Morgan fingerprint density at radius 1 is 1.12 bits per heavy atom. The maximum absolute atomic E-state index is 13.3. The second kappa shape index (κ2) is 16.2. The van der Waals surface area contributed by atoms with Crippen LogP contribution >= 0.6 is 11.3 Å². The van der Waals surface area contributed by atoms with E-state index in [2.05, 4.69) is 18.5 Å². The number of esters is 2. The first-order valence-corrected chi connectivity index (χ1v) is 17.9. The molecule has 4 N–H and O–H groups in total. The molecule has 4 rings (SSSR count). The summed E-state index contributed by atoms with van der Waals surface area (Å²) in [5.74, 6) is -8.08. The summed E-state index contributed by atoms with van der Waals surface area (Å²) in [6.07, 6.45) is -2.85. The number of aliphatic carboxylic acids is 2. The summed E-state index contributed by atoms with van der Waals surface area (Å²) in [5.41, 5.74) is -4.18. The van der Waals surface area contributed by atoms with Crippen LogP contribution in [0, 0.1) is 17.8 Å². The first-order valence-electron chi connectivity index (χ1n) is 16.9. The van der Waals surface area contributed by atoms with Gasteiger partial charge in [-0.1, -0.05) is 77.1 Å². The highest BCUT2D eigenvalue weighted by atomic mass is 32.1. The first-order chi connectivity index (χ1) is 24.0. The van der Waals surface area contributed by atoms with E-state index in [0.717, 1.165) is 35.8 Å². The molecule has 0 radical (unpaired) electrons. The van der Waals surface area contributed by atoms with E-state index in [1.807, 2.05) is 51.1 Å². The van der Waals surface area contributed by atoms with Crippen molar-refractivity contribution in [2.24, 2.45) is 17.8 Å².